The predicted octanol–water partition coefficient (Wildman–Crippen LogP) is 0.598. The molecular formula is C15H17N5O2. The maximum Gasteiger partial charge on any atom is 0.257 e. The van der Waals surface area contributed by atoms with Crippen molar-refractivity contribution in [1.82, 2.24) is 24.8 Å². The van der Waals surface area contributed by atoms with E-state index in [1.54, 1.807) is 35.9 Å². The molecule has 1 atom stereocenters. The number of carbonyl (C=O) groups is 1. The van der Waals surface area contributed by atoms with Crippen molar-refractivity contribution in [2.24, 2.45) is 5.92 Å². The van der Waals surface area contributed by atoms with E-state index in [2.05, 4.69) is 19.9 Å². The van der Waals surface area contributed by atoms with E-state index in [0.717, 1.165) is 12.1 Å². The summed E-state index contributed by atoms with van der Waals surface area (Å²) in [5.41, 5.74) is 1.41. The Bertz CT molecular complexity index is 608. The zero-order valence-electron chi connectivity index (χ0n) is 12.1. The van der Waals surface area contributed by atoms with Crippen LogP contribution in [0.5, 0.6) is 0 Å². The van der Waals surface area contributed by atoms with Gasteiger partial charge in [-0.15, -0.1) is 0 Å². The summed E-state index contributed by atoms with van der Waals surface area (Å²) in [5, 5.41) is 0. The summed E-state index contributed by atoms with van der Waals surface area (Å²) in [7, 11) is 0. The van der Waals surface area contributed by atoms with Crippen molar-refractivity contribution in [2.45, 2.75) is 6.42 Å². The molecule has 3 heterocycles. The van der Waals surface area contributed by atoms with Crippen LogP contribution in [-0.2, 0) is 11.2 Å². The number of rotatable bonds is 3. The van der Waals surface area contributed by atoms with Crippen molar-refractivity contribution < 1.29 is 9.53 Å². The highest BCUT2D eigenvalue weighted by molar-refractivity contribution is 5.93. The summed E-state index contributed by atoms with van der Waals surface area (Å²) < 4.78 is 5.62. The minimum absolute atomic E-state index is 0.0600. The van der Waals surface area contributed by atoms with E-state index in [4.69, 9.17) is 4.74 Å². The van der Waals surface area contributed by atoms with E-state index in [-0.39, 0.29) is 11.8 Å². The Morgan fingerprint density at radius 3 is 2.86 bits per heavy atom. The fourth-order valence-corrected chi connectivity index (χ4v) is 2.51. The number of hydrogen-bond donors (Lipinski definition) is 0. The number of hydrogen-bond acceptors (Lipinski definition) is 6. The Hall–Kier alpha value is -2.41. The molecular weight excluding hydrogens is 282 g/mol. The smallest absolute Gasteiger partial charge is 0.257 e. The van der Waals surface area contributed by atoms with Gasteiger partial charge in [0.2, 0.25) is 0 Å². The molecule has 0 aromatic carbocycles. The summed E-state index contributed by atoms with van der Waals surface area (Å²) in [5.74, 6) is 0.142. The van der Waals surface area contributed by atoms with E-state index >= 15 is 0 Å². The first-order valence-electron chi connectivity index (χ1n) is 7.20. The first kappa shape index (κ1) is 14.5. The molecule has 1 aliphatic heterocycles. The molecule has 2 aromatic heterocycles. The number of nitrogens with zero attached hydrogens (tertiary/aromatic N) is 5. The third-order valence-corrected chi connectivity index (χ3v) is 3.55. The van der Waals surface area contributed by atoms with E-state index in [1.165, 1.54) is 6.33 Å². The third-order valence-electron chi connectivity index (χ3n) is 3.55. The molecule has 1 amide bonds. The summed E-state index contributed by atoms with van der Waals surface area (Å²) in [6.07, 6.45) is 10.3. The molecule has 1 saturated heterocycles. The molecule has 0 bridgehead atoms. The van der Waals surface area contributed by atoms with Crippen molar-refractivity contribution in [3.8, 4) is 0 Å². The van der Waals surface area contributed by atoms with Crippen LogP contribution in [0.1, 0.15) is 16.1 Å². The molecule has 114 valence electrons. The van der Waals surface area contributed by atoms with Gasteiger partial charge in [-0.25, -0.2) is 9.97 Å². The van der Waals surface area contributed by atoms with E-state index in [9.17, 15) is 4.79 Å². The molecule has 7 heteroatoms. The van der Waals surface area contributed by atoms with Gasteiger partial charge in [0, 0.05) is 50.0 Å². The van der Waals surface area contributed by atoms with Gasteiger partial charge in [-0.2, -0.15) is 0 Å². The SMILES string of the molecule is O=C(c1cncnc1)N1CCOC[C@@H](Cc2cnccn2)C1. The Labute approximate surface area is 128 Å². The third kappa shape index (κ3) is 3.62. The molecule has 1 aliphatic rings. The second kappa shape index (κ2) is 7.04. The second-order valence-electron chi connectivity index (χ2n) is 5.22. The fourth-order valence-electron chi connectivity index (χ4n) is 2.51. The Kier molecular flexibility index (Phi) is 4.65. The Morgan fingerprint density at radius 2 is 2.09 bits per heavy atom. The average molecular weight is 299 g/mol. The van der Waals surface area contributed by atoms with Crippen LogP contribution in [0.3, 0.4) is 0 Å². The maximum absolute atomic E-state index is 12.5. The van der Waals surface area contributed by atoms with Crippen molar-refractivity contribution in [3.05, 3.63) is 48.6 Å². The summed E-state index contributed by atoms with van der Waals surface area (Å²) >= 11 is 0. The predicted molar refractivity (Wildman–Crippen MR) is 78.0 cm³/mol. The lowest BCUT2D eigenvalue weighted by atomic mass is 10.0. The fraction of sp³-hybridized carbons (Fsp3) is 0.400. The first-order chi connectivity index (χ1) is 10.8. The van der Waals surface area contributed by atoms with Crippen LogP contribution in [-0.4, -0.2) is 57.0 Å². The van der Waals surface area contributed by atoms with Gasteiger partial charge in [0.15, 0.2) is 0 Å². The number of ether oxygens (including phenoxy) is 1. The number of aromatic nitrogens is 4. The van der Waals surface area contributed by atoms with E-state index in [0.29, 0.717) is 31.9 Å². The van der Waals surface area contributed by atoms with Crippen molar-refractivity contribution in [2.75, 3.05) is 26.3 Å². The maximum atomic E-state index is 12.5. The van der Waals surface area contributed by atoms with Crippen LogP contribution in [0.4, 0.5) is 0 Å². The van der Waals surface area contributed by atoms with Crippen LogP contribution in [0.15, 0.2) is 37.3 Å². The van der Waals surface area contributed by atoms with E-state index < -0.39 is 0 Å². The largest absolute Gasteiger partial charge is 0.379 e. The Morgan fingerprint density at radius 1 is 1.23 bits per heavy atom. The van der Waals surface area contributed by atoms with Gasteiger partial charge < -0.3 is 9.64 Å². The lowest BCUT2D eigenvalue weighted by Crippen LogP contribution is -2.36. The molecule has 0 spiro atoms. The zero-order valence-corrected chi connectivity index (χ0v) is 12.1. The summed E-state index contributed by atoms with van der Waals surface area (Å²) in [6.45, 7) is 2.36. The number of amides is 1. The summed E-state index contributed by atoms with van der Waals surface area (Å²) in [4.78, 5) is 30.5. The standard InChI is InChI=1S/C15H17N5O2/c21-15(13-6-17-11-18-7-13)20-3-4-22-10-12(9-20)5-14-8-16-1-2-19-14/h1-2,6-8,11-12H,3-5,9-10H2/t12-/m0/s1. The van der Waals surface area contributed by atoms with Crippen molar-refractivity contribution in [3.63, 3.8) is 0 Å². The molecule has 0 N–H and O–H groups in total. The topological polar surface area (TPSA) is 81.1 Å². The van der Waals surface area contributed by atoms with Gasteiger partial charge in [0.05, 0.1) is 24.5 Å². The monoisotopic (exact) mass is 299 g/mol. The minimum atomic E-state index is -0.0600. The van der Waals surface area contributed by atoms with Gasteiger partial charge in [-0.05, 0) is 6.42 Å². The van der Waals surface area contributed by atoms with Crippen LogP contribution >= 0.6 is 0 Å². The molecule has 0 aliphatic carbocycles. The normalized spacial score (nSPS) is 18.7. The van der Waals surface area contributed by atoms with Crippen LogP contribution in [0.25, 0.3) is 0 Å². The van der Waals surface area contributed by atoms with Gasteiger partial charge in [-0.3, -0.25) is 14.8 Å². The second-order valence-corrected chi connectivity index (χ2v) is 5.22. The molecule has 0 unspecified atom stereocenters. The average Bonchev–Trinajstić information content (AvgIpc) is 2.81. The lowest BCUT2D eigenvalue weighted by Gasteiger charge is -2.23. The van der Waals surface area contributed by atoms with Crippen molar-refractivity contribution in [1.29, 1.82) is 0 Å². The quantitative estimate of drug-likeness (QED) is 0.825. The minimum Gasteiger partial charge on any atom is -0.379 e. The highest BCUT2D eigenvalue weighted by atomic mass is 16.5. The highest BCUT2D eigenvalue weighted by Crippen LogP contribution is 2.14. The molecule has 2 aromatic rings. The highest BCUT2D eigenvalue weighted by Gasteiger charge is 2.24. The molecule has 22 heavy (non-hydrogen) atoms. The van der Waals surface area contributed by atoms with Crippen molar-refractivity contribution >= 4 is 5.91 Å². The number of carbonyl (C=O) groups excluding carboxylic acids is 1. The van der Waals surface area contributed by atoms with E-state index in [1.807, 2.05) is 0 Å². The molecule has 3 rings (SSSR count). The Balaban J connectivity index is 1.69. The van der Waals surface area contributed by atoms with Crippen LogP contribution in [0.2, 0.25) is 0 Å². The zero-order chi connectivity index (χ0) is 15.2. The molecule has 0 saturated carbocycles. The lowest BCUT2D eigenvalue weighted by molar-refractivity contribution is 0.0736. The van der Waals surface area contributed by atoms with Gasteiger partial charge in [0.1, 0.15) is 6.33 Å². The molecule has 1 fully saturated rings. The summed E-state index contributed by atoms with van der Waals surface area (Å²) in [6, 6.07) is 0. The van der Waals surface area contributed by atoms with Gasteiger partial charge in [-0.1, -0.05) is 0 Å². The first-order valence-corrected chi connectivity index (χ1v) is 7.20. The van der Waals surface area contributed by atoms with Gasteiger partial charge >= 0.3 is 0 Å². The molecule has 0 radical (unpaired) electrons. The van der Waals surface area contributed by atoms with Gasteiger partial charge in [0.25, 0.3) is 5.91 Å². The van der Waals surface area contributed by atoms with Crippen LogP contribution < -0.4 is 0 Å². The van der Waals surface area contributed by atoms with Crippen LogP contribution in [0, 0.1) is 5.92 Å². The molecule has 7 nitrogen and oxygen atoms in total.